The Bertz CT molecular complexity index is 826. The molecule has 5 nitrogen and oxygen atoms in total. The highest BCUT2D eigenvalue weighted by molar-refractivity contribution is 9.11. The van der Waals surface area contributed by atoms with Crippen molar-refractivity contribution >= 4 is 44.2 Å². The van der Waals surface area contributed by atoms with E-state index in [0.717, 1.165) is 26.2 Å². The molecule has 7 heteroatoms. The molecule has 3 aromatic rings. The summed E-state index contributed by atoms with van der Waals surface area (Å²) in [6.07, 6.45) is 0. The van der Waals surface area contributed by atoms with Gasteiger partial charge in [0.05, 0.1) is 15.8 Å². The van der Waals surface area contributed by atoms with Crippen LogP contribution in [-0.2, 0) is 13.1 Å². The second-order valence-corrected chi connectivity index (χ2v) is 7.52. The van der Waals surface area contributed by atoms with E-state index < -0.39 is 0 Å². The van der Waals surface area contributed by atoms with Crippen LogP contribution in [0.1, 0.15) is 22.2 Å². The van der Waals surface area contributed by atoms with Crippen molar-refractivity contribution < 1.29 is 4.79 Å². The van der Waals surface area contributed by atoms with Crippen molar-refractivity contribution in [2.45, 2.75) is 20.0 Å². The molecular formula is C15H15BrN4OS. The highest BCUT2D eigenvalue weighted by Crippen LogP contribution is 2.23. The van der Waals surface area contributed by atoms with Gasteiger partial charge in [0, 0.05) is 24.0 Å². The molecule has 114 valence electrons. The van der Waals surface area contributed by atoms with E-state index >= 15 is 0 Å². The van der Waals surface area contributed by atoms with E-state index in [1.54, 1.807) is 22.3 Å². The third-order valence-electron chi connectivity index (χ3n) is 3.43. The Kier molecular flexibility index (Phi) is 4.26. The number of hydrogen-bond donors (Lipinski definition) is 0. The summed E-state index contributed by atoms with van der Waals surface area (Å²) in [5, 5.41) is 8.19. The van der Waals surface area contributed by atoms with Crippen molar-refractivity contribution in [3.05, 3.63) is 44.6 Å². The Morgan fingerprint density at radius 3 is 2.86 bits per heavy atom. The van der Waals surface area contributed by atoms with Crippen LogP contribution in [0.15, 0.2) is 34.1 Å². The van der Waals surface area contributed by atoms with E-state index in [9.17, 15) is 4.79 Å². The highest BCUT2D eigenvalue weighted by atomic mass is 79.9. The lowest BCUT2D eigenvalue weighted by Gasteiger charge is -2.16. The highest BCUT2D eigenvalue weighted by Gasteiger charge is 2.15. The molecule has 0 aliphatic rings. The van der Waals surface area contributed by atoms with Crippen LogP contribution in [0.25, 0.3) is 11.0 Å². The normalized spacial score (nSPS) is 11.0. The van der Waals surface area contributed by atoms with Crippen LogP contribution in [0.4, 0.5) is 0 Å². The molecule has 0 saturated heterocycles. The van der Waals surface area contributed by atoms with Crippen LogP contribution in [0, 0.1) is 0 Å². The van der Waals surface area contributed by atoms with Crippen LogP contribution < -0.4 is 0 Å². The largest absolute Gasteiger partial charge is 0.337 e. The molecule has 3 rings (SSSR count). The van der Waals surface area contributed by atoms with Gasteiger partial charge in [-0.3, -0.25) is 4.79 Å². The van der Waals surface area contributed by atoms with Gasteiger partial charge in [0.2, 0.25) is 0 Å². The molecule has 0 N–H and O–H groups in total. The summed E-state index contributed by atoms with van der Waals surface area (Å²) >= 11 is 5.07. The maximum atomic E-state index is 12.5. The Morgan fingerprint density at radius 1 is 1.36 bits per heavy atom. The average molecular weight is 379 g/mol. The van der Waals surface area contributed by atoms with Crippen molar-refractivity contribution in [3.63, 3.8) is 0 Å². The number of aryl methyl sites for hydroxylation is 1. The fraction of sp³-hybridized carbons (Fsp3) is 0.267. The first-order chi connectivity index (χ1) is 10.6. The van der Waals surface area contributed by atoms with Gasteiger partial charge in [0.15, 0.2) is 0 Å². The van der Waals surface area contributed by atoms with E-state index in [1.165, 1.54) is 0 Å². The molecule has 0 radical (unpaired) electrons. The Hall–Kier alpha value is -1.73. The number of halogens is 1. The summed E-state index contributed by atoms with van der Waals surface area (Å²) in [4.78, 5) is 15.4. The van der Waals surface area contributed by atoms with Crippen molar-refractivity contribution in [1.82, 2.24) is 19.9 Å². The molecule has 0 bridgehead atoms. The topological polar surface area (TPSA) is 51.0 Å². The van der Waals surface area contributed by atoms with Gasteiger partial charge in [0.1, 0.15) is 5.52 Å². The number of benzene rings is 1. The molecular weight excluding hydrogens is 364 g/mol. The first kappa shape index (κ1) is 15.2. The summed E-state index contributed by atoms with van der Waals surface area (Å²) in [6.45, 7) is 3.37. The van der Waals surface area contributed by atoms with Crippen LogP contribution in [0.5, 0.6) is 0 Å². The number of rotatable bonds is 4. The number of nitrogens with zero attached hydrogens (tertiary/aromatic N) is 4. The Morgan fingerprint density at radius 2 is 2.18 bits per heavy atom. The van der Waals surface area contributed by atoms with Gasteiger partial charge in [-0.25, -0.2) is 4.68 Å². The standard InChI is InChI=1S/C15H15BrN4OS/c1-3-20-13-6-4-10(8-12(13)17-18-20)15(21)19(2)9-11-5-7-14(16)22-11/h4-8H,3,9H2,1-2H3. The molecule has 0 spiro atoms. The summed E-state index contributed by atoms with van der Waals surface area (Å²) in [5.74, 6) is -0.0162. The first-order valence-electron chi connectivity index (χ1n) is 6.91. The van der Waals surface area contributed by atoms with Crippen molar-refractivity contribution in [3.8, 4) is 0 Å². The lowest BCUT2D eigenvalue weighted by molar-refractivity contribution is 0.0786. The minimum Gasteiger partial charge on any atom is -0.337 e. The molecule has 0 atom stereocenters. The van der Waals surface area contributed by atoms with Crippen LogP contribution in [0.3, 0.4) is 0 Å². The predicted octanol–water partition coefficient (Wildman–Crippen LogP) is 3.55. The number of aromatic nitrogens is 3. The molecule has 0 aliphatic carbocycles. The molecule has 1 amide bonds. The molecule has 0 saturated carbocycles. The van der Waals surface area contributed by atoms with Gasteiger partial charge in [-0.05, 0) is 53.2 Å². The molecule has 0 fully saturated rings. The zero-order valence-corrected chi connectivity index (χ0v) is 14.7. The SMILES string of the molecule is CCn1nnc2cc(C(=O)N(C)Cc3ccc(Br)s3)ccc21. The Balaban J connectivity index is 1.81. The van der Waals surface area contributed by atoms with Crippen LogP contribution in [0.2, 0.25) is 0 Å². The van der Waals surface area contributed by atoms with E-state index in [4.69, 9.17) is 0 Å². The maximum Gasteiger partial charge on any atom is 0.254 e. The predicted molar refractivity (Wildman–Crippen MR) is 91.0 cm³/mol. The van der Waals surface area contributed by atoms with Gasteiger partial charge < -0.3 is 4.90 Å². The molecule has 1 aromatic carbocycles. The summed E-state index contributed by atoms with van der Waals surface area (Å²) in [5.41, 5.74) is 2.33. The summed E-state index contributed by atoms with van der Waals surface area (Å²) < 4.78 is 2.89. The van der Waals surface area contributed by atoms with E-state index in [0.29, 0.717) is 12.1 Å². The van der Waals surface area contributed by atoms with Gasteiger partial charge in [-0.2, -0.15) is 0 Å². The van der Waals surface area contributed by atoms with Gasteiger partial charge in [0.25, 0.3) is 5.91 Å². The second-order valence-electron chi connectivity index (χ2n) is 4.98. The lowest BCUT2D eigenvalue weighted by Crippen LogP contribution is -2.25. The van der Waals surface area contributed by atoms with E-state index in [2.05, 4.69) is 26.2 Å². The van der Waals surface area contributed by atoms with Gasteiger partial charge in [-0.15, -0.1) is 16.4 Å². The number of hydrogen-bond acceptors (Lipinski definition) is 4. The third-order valence-corrected chi connectivity index (χ3v) is 5.04. The van der Waals surface area contributed by atoms with Crippen molar-refractivity contribution in [2.75, 3.05) is 7.05 Å². The zero-order valence-electron chi connectivity index (χ0n) is 12.3. The fourth-order valence-corrected chi connectivity index (χ4v) is 3.84. The van der Waals surface area contributed by atoms with Crippen LogP contribution >= 0.6 is 27.3 Å². The zero-order chi connectivity index (χ0) is 15.7. The maximum absolute atomic E-state index is 12.5. The van der Waals surface area contributed by atoms with Gasteiger partial charge in [-0.1, -0.05) is 5.21 Å². The number of fused-ring (bicyclic) bond motifs is 1. The van der Waals surface area contributed by atoms with Crippen LogP contribution in [-0.4, -0.2) is 32.8 Å². The van der Waals surface area contributed by atoms with Crippen molar-refractivity contribution in [2.24, 2.45) is 0 Å². The van der Waals surface area contributed by atoms with Crippen molar-refractivity contribution in [1.29, 1.82) is 0 Å². The fourth-order valence-electron chi connectivity index (χ4n) is 2.30. The number of carbonyl (C=O) groups is 1. The summed E-state index contributed by atoms with van der Waals surface area (Å²) in [7, 11) is 1.81. The molecule has 22 heavy (non-hydrogen) atoms. The smallest absolute Gasteiger partial charge is 0.254 e. The molecule has 0 unspecified atom stereocenters. The Labute approximate surface area is 140 Å². The number of amides is 1. The quantitative estimate of drug-likeness (QED) is 0.697. The molecule has 2 aromatic heterocycles. The minimum atomic E-state index is -0.0162. The lowest BCUT2D eigenvalue weighted by atomic mass is 10.1. The monoisotopic (exact) mass is 378 g/mol. The van der Waals surface area contributed by atoms with E-state index in [1.807, 2.05) is 42.9 Å². The molecule has 2 heterocycles. The third kappa shape index (κ3) is 2.91. The minimum absolute atomic E-state index is 0.0162. The van der Waals surface area contributed by atoms with Gasteiger partial charge >= 0.3 is 0 Å². The number of thiophene rings is 1. The second kappa shape index (κ2) is 6.18. The molecule has 0 aliphatic heterocycles. The average Bonchev–Trinajstić information content (AvgIpc) is 3.11. The summed E-state index contributed by atoms with van der Waals surface area (Å²) in [6, 6.07) is 9.56. The van der Waals surface area contributed by atoms with E-state index in [-0.39, 0.29) is 5.91 Å². The first-order valence-corrected chi connectivity index (χ1v) is 8.52. The number of carbonyl (C=O) groups excluding carboxylic acids is 1.